The van der Waals surface area contributed by atoms with Crippen molar-refractivity contribution in [3.63, 3.8) is 0 Å². The number of carbonyl (C=O) groups is 1. The maximum atomic E-state index is 11.6. The molecule has 0 aromatic heterocycles. The van der Waals surface area contributed by atoms with Crippen LogP contribution in [0, 0.1) is 0 Å². The number of para-hydroxylation sites is 1. The van der Waals surface area contributed by atoms with Crippen LogP contribution in [0.25, 0.3) is 0 Å². The van der Waals surface area contributed by atoms with E-state index in [1.807, 2.05) is 18.2 Å². The third-order valence-corrected chi connectivity index (χ3v) is 2.87. The van der Waals surface area contributed by atoms with Gasteiger partial charge in [-0.05, 0) is 28.1 Å². The van der Waals surface area contributed by atoms with Crippen LogP contribution in [-0.2, 0) is 4.79 Å². The summed E-state index contributed by atoms with van der Waals surface area (Å²) in [6, 6.07) is 5.67. The first-order valence-corrected chi connectivity index (χ1v) is 5.17. The van der Waals surface area contributed by atoms with Gasteiger partial charge >= 0.3 is 0 Å². The number of hydrogen-bond acceptors (Lipinski definition) is 2. The van der Waals surface area contributed by atoms with Crippen molar-refractivity contribution in [2.24, 2.45) is 0 Å². The van der Waals surface area contributed by atoms with Gasteiger partial charge in [-0.2, -0.15) is 0 Å². The average Bonchev–Trinajstić information content (AvgIpc) is 2.29. The molecule has 2 rings (SSSR count). The Hall–Kier alpha value is -1.03. The normalized spacial score (nSPS) is 15.9. The minimum absolute atomic E-state index is 0.0793. The number of fused-ring (bicyclic) bond motifs is 1. The molecular weight excluding hydrogens is 246 g/mol. The first-order valence-electron chi connectivity index (χ1n) is 4.38. The Morgan fingerprint density at radius 1 is 1.50 bits per heavy atom. The van der Waals surface area contributed by atoms with E-state index in [9.17, 15) is 4.79 Å². The molecule has 14 heavy (non-hydrogen) atoms. The van der Waals surface area contributed by atoms with Crippen molar-refractivity contribution in [1.29, 1.82) is 0 Å². The quantitative estimate of drug-likeness (QED) is 0.712. The van der Waals surface area contributed by atoms with Crippen molar-refractivity contribution in [1.82, 2.24) is 0 Å². The Morgan fingerprint density at radius 2 is 2.29 bits per heavy atom. The standard InChI is InChI=1S/C10H10BrNO2/c1-12-9(13)5-6-14-8-4-2-3-7(11)10(8)12/h2-4H,5-6H2,1H3. The summed E-state index contributed by atoms with van der Waals surface area (Å²) in [5.41, 5.74) is 0.815. The molecule has 0 radical (unpaired) electrons. The minimum Gasteiger partial charge on any atom is -0.491 e. The van der Waals surface area contributed by atoms with Crippen LogP contribution < -0.4 is 9.64 Å². The molecule has 0 spiro atoms. The maximum Gasteiger partial charge on any atom is 0.230 e. The second-order valence-corrected chi connectivity index (χ2v) is 3.99. The summed E-state index contributed by atoms with van der Waals surface area (Å²) < 4.78 is 6.36. The summed E-state index contributed by atoms with van der Waals surface area (Å²) in [6.45, 7) is 0.451. The van der Waals surface area contributed by atoms with Gasteiger partial charge in [-0.25, -0.2) is 0 Å². The van der Waals surface area contributed by atoms with Crippen molar-refractivity contribution in [3.05, 3.63) is 22.7 Å². The smallest absolute Gasteiger partial charge is 0.230 e. The molecule has 1 aliphatic rings. The molecule has 1 aliphatic heterocycles. The number of rotatable bonds is 0. The molecule has 0 atom stereocenters. The van der Waals surface area contributed by atoms with Crippen LogP contribution in [0.3, 0.4) is 0 Å². The van der Waals surface area contributed by atoms with Crippen LogP contribution in [0.15, 0.2) is 22.7 Å². The molecule has 0 saturated heterocycles. The first kappa shape index (κ1) is 9.52. The number of nitrogens with zero attached hydrogens (tertiary/aromatic N) is 1. The zero-order chi connectivity index (χ0) is 10.1. The van der Waals surface area contributed by atoms with Gasteiger partial charge in [0.05, 0.1) is 13.0 Å². The number of anilines is 1. The number of amides is 1. The van der Waals surface area contributed by atoms with E-state index in [1.165, 1.54) is 0 Å². The summed E-state index contributed by atoms with van der Waals surface area (Å²) in [4.78, 5) is 13.2. The molecule has 0 aliphatic carbocycles. The van der Waals surface area contributed by atoms with Crippen LogP contribution >= 0.6 is 15.9 Å². The topological polar surface area (TPSA) is 29.5 Å². The molecule has 4 heteroatoms. The van der Waals surface area contributed by atoms with Gasteiger partial charge < -0.3 is 9.64 Å². The Balaban J connectivity index is 2.55. The van der Waals surface area contributed by atoms with Crippen LogP contribution in [0.5, 0.6) is 5.75 Å². The molecule has 1 amide bonds. The molecular formula is C10H10BrNO2. The van der Waals surface area contributed by atoms with Crippen LogP contribution in [-0.4, -0.2) is 19.6 Å². The predicted molar refractivity (Wildman–Crippen MR) is 57.7 cm³/mol. The van der Waals surface area contributed by atoms with Gasteiger partial charge in [-0.3, -0.25) is 4.79 Å². The van der Waals surface area contributed by atoms with Crippen LogP contribution in [0.2, 0.25) is 0 Å². The number of halogens is 1. The third-order valence-electron chi connectivity index (χ3n) is 2.23. The van der Waals surface area contributed by atoms with Gasteiger partial charge in [0.2, 0.25) is 5.91 Å². The molecule has 0 saturated carbocycles. The van der Waals surface area contributed by atoms with Gasteiger partial charge in [-0.1, -0.05) is 6.07 Å². The fraction of sp³-hybridized carbons (Fsp3) is 0.300. The number of carbonyl (C=O) groups excluding carboxylic acids is 1. The van der Waals surface area contributed by atoms with E-state index < -0.39 is 0 Å². The summed E-state index contributed by atoms with van der Waals surface area (Å²) in [7, 11) is 1.76. The van der Waals surface area contributed by atoms with E-state index >= 15 is 0 Å². The molecule has 1 heterocycles. The molecule has 0 bridgehead atoms. The molecule has 0 N–H and O–H groups in total. The summed E-state index contributed by atoms with van der Waals surface area (Å²) in [6.07, 6.45) is 0.428. The lowest BCUT2D eigenvalue weighted by atomic mass is 10.2. The zero-order valence-corrected chi connectivity index (χ0v) is 9.37. The van der Waals surface area contributed by atoms with E-state index in [-0.39, 0.29) is 5.91 Å². The second kappa shape index (κ2) is 3.61. The van der Waals surface area contributed by atoms with Gasteiger partial charge in [-0.15, -0.1) is 0 Å². The number of ether oxygens (including phenoxy) is 1. The minimum atomic E-state index is 0.0793. The lowest BCUT2D eigenvalue weighted by Gasteiger charge is -2.17. The Morgan fingerprint density at radius 3 is 3.07 bits per heavy atom. The molecule has 1 aromatic carbocycles. The highest BCUT2D eigenvalue weighted by atomic mass is 79.9. The van der Waals surface area contributed by atoms with E-state index in [1.54, 1.807) is 11.9 Å². The highest BCUT2D eigenvalue weighted by Crippen LogP contribution is 2.36. The highest BCUT2D eigenvalue weighted by molar-refractivity contribution is 9.10. The summed E-state index contributed by atoms with van der Waals surface area (Å²) >= 11 is 3.41. The zero-order valence-electron chi connectivity index (χ0n) is 7.79. The number of benzene rings is 1. The molecule has 0 fully saturated rings. The lowest BCUT2D eigenvalue weighted by molar-refractivity contribution is -0.118. The predicted octanol–water partition coefficient (Wildman–Crippen LogP) is 2.19. The van der Waals surface area contributed by atoms with Crippen molar-refractivity contribution in [3.8, 4) is 5.75 Å². The van der Waals surface area contributed by atoms with Crippen LogP contribution in [0.4, 0.5) is 5.69 Å². The Bertz CT molecular complexity index is 378. The van der Waals surface area contributed by atoms with E-state index in [0.717, 1.165) is 15.9 Å². The van der Waals surface area contributed by atoms with E-state index in [4.69, 9.17) is 4.74 Å². The van der Waals surface area contributed by atoms with Crippen LogP contribution in [0.1, 0.15) is 6.42 Å². The van der Waals surface area contributed by atoms with E-state index in [2.05, 4.69) is 15.9 Å². The van der Waals surface area contributed by atoms with Gasteiger partial charge in [0, 0.05) is 11.5 Å². The van der Waals surface area contributed by atoms with Crippen molar-refractivity contribution in [2.45, 2.75) is 6.42 Å². The van der Waals surface area contributed by atoms with Crippen molar-refractivity contribution >= 4 is 27.5 Å². The largest absolute Gasteiger partial charge is 0.491 e. The maximum absolute atomic E-state index is 11.6. The average molecular weight is 256 g/mol. The van der Waals surface area contributed by atoms with Gasteiger partial charge in [0.1, 0.15) is 11.4 Å². The lowest BCUT2D eigenvalue weighted by Crippen LogP contribution is -2.25. The van der Waals surface area contributed by atoms with Gasteiger partial charge in [0.15, 0.2) is 0 Å². The molecule has 0 unspecified atom stereocenters. The molecule has 1 aromatic rings. The fourth-order valence-corrected chi connectivity index (χ4v) is 2.09. The second-order valence-electron chi connectivity index (χ2n) is 3.14. The molecule has 74 valence electrons. The van der Waals surface area contributed by atoms with Gasteiger partial charge in [0.25, 0.3) is 0 Å². The fourth-order valence-electron chi connectivity index (χ4n) is 1.48. The van der Waals surface area contributed by atoms with Crippen molar-refractivity contribution < 1.29 is 9.53 Å². The summed E-state index contributed by atoms with van der Waals surface area (Å²) in [5, 5.41) is 0. The highest BCUT2D eigenvalue weighted by Gasteiger charge is 2.21. The third kappa shape index (κ3) is 1.50. The van der Waals surface area contributed by atoms with E-state index in [0.29, 0.717) is 13.0 Å². The molecule has 3 nitrogen and oxygen atoms in total. The SMILES string of the molecule is CN1C(=O)CCOc2cccc(Br)c21. The monoisotopic (exact) mass is 255 g/mol. The summed E-state index contributed by atoms with van der Waals surface area (Å²) in [5.74, 6) is 0.836. The first-order chi connectivity index (χ1) is 6.70. The number of hydrogen-bond donors (Lipinski definition) is 0. The van der Waals surface area contributed by atoms with Crippen molar-refractivity contribution in [2.75, 3.05) is 18.6 Å². The Kier molecular flexibility index (Phi) is 2.46. The Labute approximate surface area is 90.8 Å².